The molecule has 1 aromatic heterocycles. The molecule has 0 saturated carbocycles. The van der Waals surface area contributed by atoms with Crippen LogP contribution in [-0.2, 0) is 6.42 Å². The molecule has 2 aromatic carbocycles. The van der Waals surface area contributed by atoms with Crippen molar-refractivity contribution in [2.45, 2.75) is 13.3 Å². The van der Waals surface area contributed by atoms with E-state index in [2.05, 4.69) is 0 Å². The van der Waals surface area contributed by atoms with Gasteiger partial charge in [0.05, 0.1) is 23.3 Å². The van der Waals surface area contributed by atoms with Gasteiger partial charge in [-0.2, -0.15) is 0 Å². The Hall–Kier alpha value is -2.29. The molecule has 0 atom stereocenters. The number of allylic oxidation sites excluding steroid dienone is 2. The fraction of sp³-hybridized carbons (Fsp3) is 0.136. The highest BCUT2D eigenvalue weighted by Gasteiger charge is 2.12. The van der Waals surface area contributed by atoms with Crippen molar-refractivity contribution in [2.75, 3.05) is 7.11 Å². The normalized spacial score (nSPS) is 12.1. The molecule has 3 rings (SSSR count). The number of methoxy groups -OCH3 is 1. The number of pyridine rings is 1. The third-order valence-electron chi connectivity index (χ3n) is 4.08. The molecule has 2 nitrogen and oxygen atoms in total. The van der Waals surface area contributed by atoms with Crippen molar-refractivity contribution in [1.82, 2.24) is 4.98 Å². The summed E-state index contributed by atoms with van der Waals surface area (Å²) in [5, 5.41) is 2.28. The van der Waals surface area contributed by atoms with Gasteiger partial charge in [0, 0.05) is 16.0 Å². The van der Waals surface area contributed by atoms with E-state index < -0.39 is 0 Å². The summed E-state index contributed by atoms with van der Waals surface area (Å²) in [6.07, 6.45) is 6.59. The van der Waals surface area contributed by atoms with Gasteiger partial charge in [-0.25, -0.2) is 4.98 Å². The van der Waals surface area contributed by atoms with Crippen molar-refractivity contribution >= 4 is 46.3 Å². The van der Waals surface area contributed by atoms with E-state index in [4.69, 9.17) is 32.9 Å². The van der Waals surface area contributed by atoms with Gasteiger partial charge in [0.15, 0.2) is 0 Å². The molecule has 0 fully saturated rings. The minimum Gasteiger partial charge on any atom is -0.497 e. The molecule has 4 heteroatoms. The lowest BCUT2D eigenvalue weighted by Crippen LogP contribution is -1.96. The summed E-state index contributed by atoms with van der Waals surface area (Å²) >= 11 is 12.8. The van der Waals surface area contributed by atoms with E-state index in [1.54, 1.807) is 7.11 Å². The molecule has 26 heavy (non-hydrogen) atoms. The van der Waals surface area contributed by atoms with Crippen molar-refractivity contribution in [3.8, 4) is 5.75 Å². The van der Waals surface area contributed by atoms with Gasteiger partial charge in [-0.05, 0) is 43.2 Å². The molecule has 0 radical (unpaired) electrons. The Morgan fingerprint density at radius 2 is 1.88 bits per heavy atom. The number of nitrogens with zero attached hydrogens (tertiary/aromatic N) is 1. The Bertz CT molecular complexity index is 974. The highest BCUT2D eigenvalue weighted by molar-refractivity contribution is 6.36. The van der Waals surface area contributed by atoms with Crippen LogP contribution in [-0.4, -0.2) is 12.1 Å². The first-order valence-corrected chi connectivity index (χ1v) is 9.05. The van der Waals surface area contributed by atoms with Crippen molar-refractivity contribution in [2.24, 2.45) is 0 Å². The number of halogens is 2. The van der Waals surface area contributed by atoms with Gasteiger partial charge in [0.2, 0.25) is 0 Å². The first-order valence-electron chi connectivity index (χ1n) is 8.30. The summed E-state index contributed by atoms with van der Waals surface area (Å²) in [6, 6.07) is 15.8. The topological polar surface area (TPSA) is 22.1 Å². The maximum absolute atomic E-state index is 6.74. The minimum absolute atomic E-state index is 0.614. The lowest BCUT2D eigenvalue weighted by molar-refractivity contribution is 0.415. The second kappa shape index (κ2) is 8.39. The van der Waals surface area contributed by atoms with Gasteiger partial charge in [-0.1, -0.05) is 65.7 Å². The van der Waals surface area contributed by atoms with Gasteiger partial charge >= 0.3 is 0 Å². The van der Waals surface area contributed by atoms with Crippen LogP contribution in [0, 0.1) is 0 Å². The molecule has 0 N–H and O–H groups in total. The Labute approximate surface area is 163 Å². The van der Waals surface area contributed by atoms with Crippen LogP contribution in [0.15, 0.2) is 59.6 Å². The Balaban J connectivity index is 2.14. The van der Waals surface area contributed by atoms with Crippen LogP contribution in [0.4, 0.5) is 0 Å². The average molecular weight is 384 g/mol. The van der Waals surface area contributed by atoms with Crippen molar-refractivity contribution in [3.63, 3.8) is 0 Å². The van der Waals surface area contributed by atoms with Gasteiger partial charge < -0.3 is 4.74 Å². The molecule has 0 spiro atoms. The first kappa shape index (κ1) is 18.5. The zero-order valence-electron chi connectivity index (χ0n) is 14.7. The summed E-state index contributed by atoms with van der Waals surface area (Å²) in [5.41, 5.74) is 3.72. The fourth-order valence-electron chi connectivity index (χ4n) is 2.70. The maximum Gasteiger partial charge on any atom is 0.119 e. The van der Waals surface area contributed by atoms with E-state index in [0.717, 1.165) is 38.5 Å². The van der Waals surface area contributed by atoms with Crippen molar-refractivity contribution in [1.29, 1.82) is 0 Å². The van der Waals surface area contributed by atoms with E-state index >= 15 is 0 Å². The predicted octanol–water partition coefficient (Wildman–Crippen LogP) is 6.75. The number of rotatable bonds is 5. The zero-order chi connectivity index (χ0) is 18.5. The van der Waals surface area contributed by atoms with Gasteiger partial charge in [0.1, 0.15) is 5.75 Å². The van der Waals surface area contributed by atoms with Crippen molar-refractivity contribution < 1.29 is 4.74 Å². The monoisotopic (exact) mass is 383 g/mol. The van der Waals surface area contributed by atoms with E-state index in [0.29, 0.717) is 11.4 Å². The number of fused-ring (bicyclic) bond motifs is 1. The van der Waals surface area contributed by atoms with Gasteiger partial charge in [-0.3, -0.25) is 0 Å². The number of ether oxygens (including phenoxy) is 1. The molecule has 1 heterocycles. The summed E-state index contributed by atoms with van der Waals surface area (Å²) in [5.74, 6) is 0.754. The largest absolute Gasteiger partial charge is 0.497 e. The number of benzene rings is 2. The third-order valence-corrected chi connectivity index (χ3v) is 4.66. The highest BCUT2D eigenvalue weighted by atomic mass is 35.5. The van der Waals surface area contributed by atoms with Crippen LogP contribution in [0.5, 0.6) is 5.75 Å². The quantitative estimate of drug-likeness (QED) is 0.485. The second-order valence-corrected chi connectivity index (χ2v) is 6.89. The summed E-state index contributed by atoms with van der Waals surface area (Å²) in [7, 11) is 1.64. The third kappa shape index (κ3) is 4.27. The van der Waals surface area contributed by atoms with E-state index in [9.17, 15) is 0 Å². The summed E-state index contributed by atoms with van der Waals surface area (Å²) in [4.78, 5) is 4.81. The molecule has 0 amide bonds. The SMILES string of the molecule is COc1ccc2nc(C=Cc3ccccc3)c(CC=C(C)Cl)c(Cl)c2c1. The molecule has 0 bridgehead atoms. The lowest BCUT2D eigenvalue weighted by atomic mass is 10.0. The molecule has 0 saturated heterocycles. The Morgan fingerprint density at radius 3 is 2.58 bits per heavy atom. The molecular formula is C22H19Cl2NO. The maximum atomic E-state index is 6.74. The van der Waals surface area contributed by atoms with Crippen molar-refractivity contribution in [3.05, 3.63) is 81.5 Å². The number of aromatic nitrogens is 1. The summed E-state index contributed by atoms with van der Waals surface area (Å²) in [6.45, 7) is 1.85. The van der Waals surface area contributed by atoms with Crippen LogP contribution >= 0.6 is 23.2 Å². The van der Waals surface area contributed by atoms with E-state index in [-0.39, 0.29) is 0 Å². The van der Waals surface area contributed by atoms with Crippen LogP contribution in [0.3, 0.4) is 0 Å². The zero-order valence-corrected chi connectivity index (χ0v) is 16.2. The minimum atomic E-state index is 0.614. The molecule has 3 aromatic rings. The fourth-order valence-corrected chi connectivity index (χ4v) is 3.10. The predicted molar refractivity (Wildman–Crippen MR) is 112 cm³/mol. The smallest absolute Gasteiger partial charge is 0.119 e. The van der Waals surface area contributed by atoms with E-state index in [1.807, 2.05) is 73.7 Å². The number of hydrogen-bond acceptors (Lipinski definition) is 2. The molecule has 0 aliphatic rings. The van der Waals surface area contributed by atoms with Crippen LogP contribution < -0.4 is 4.74 Å². The number of hydrogen-bond donors (Lipinski definition) is 0. The van der Waals surface area contributed by atoms with Crippen LogP contribution in [0.1, 0.15) is 23.7 Å². The lowest BCUT2D eigenvalue weighted by Gasteiger charge is -2.11. The molecule has 132 valence electrons. The van der Waals surface area contributed by atoms with E-state index in [1.165, 1.54) is 0 Å². The molecule has 0 aliphatic carbocycles. The van der Waals surface area contributed by atoms with Crippen LogP contribution in [0.2, 0.25) is 5.02 Å². The van der Waals surface area contributed by atoms with Gasteiger partial charge in [-0.15, -0.1) is 0 Å². The Kier molecular flexibility index (Phi) is 5.97. The van der Waals surface area contributed by atoms with Gasteiger partial charge in [0.25, 0.3) is 0 Å². The Morgan fingerprint density at radius 1 is 1.12 bits per heavy atom. The second-order valence-electron chi connectivity index (χ2n) is 5.91. The standard InChI is InChI=1S/C22H19Cl2NO/c1-15(23)8-11-18-20(12-9-16-6-4-3-5-7-16)25-21-13-10-17(26-2)14-19(21)22(18)24/h3-10,12-14H,11H2,1-2H3. The summed E-state index contributed by atoms with van der Waals surface area (Å²) < 4.78 is 5.32. The highest BCUT2D eigenvalue weighted by Crippen LogP contribution is 2.32. The molecule has 0 aliphatic heterocycles. The van der Waals surface area contributed by atoms with Crippen LogP contribution in [0.25, 0.3) is 23.1 Å². The average Bonchev–Trinajstić information content (AvgIpc) is 2.66. The first-order chi connectivity index (χ1) is 12.6. The molecule has 0 unspecified atom stereocenters. The molecular weight excluding hydrogens is 365 g/mol.